The summed E-state index contributed by atoms with van der Waals surface area (Å²) < 4.78 is 5.36. The van der Waals surface area contributed by atoms with Crippen LogP contribution in [-0.2, 0) is 11.3 Å². The summed E-state index contributed by atoms with van der Waals surface area (Å²) >= 11 is 0. The zero-order valence-electron chi connectivity index (χ0n) is 17.9. The van der Waals surface area contributed by atoms with Gasteiger partial charge in [0.2, 0.25) is 0 Å². The maximum atomic E-state index is 12.0. The molecule has 0 radical (unpaired) electrons. The molecule has 0 saturated carbocycles. The summed E-state index contributed by atoms with van der Waals surface area (Å²) in [6.45, 7) is 9.83. The molecule has 2 N–H and O–H groups in total. The molecular formula is C22H33N5O2. The van der Waals surface area contributed by atoms with Crippen molar-refractivity contribution in [2.75, 3.05) is 38.1 Å². The van der Waals surface area contributed by atoms with Crippen LogP contribution in [0.4, 0.5) is 10.5 Å². The van der Waals surface area contributed by atoms with E-state index < -0.39 is 5.60 Å². The largest absolute Gasteiger partial charge is 0.444 e. The smallest absolute Gasteiger partial charge is 0.407 e. The van der Waals surface area contributed by atoms with E-state index in [1.54, 1.807) is 7.05 Å². The Morgan fingerprint density at radius 1 is 1.28 bits per heavy atom. The molecule has 158 valence electrons. The number of likely N-dealkylation sites (tertiary alicyclic amines) is 1. The number of nitrogens with one attached hydrogen (secondary N) is 2. The molecular weight excluding hydrogens is 366 g/mol. The number of benzene rings is 1. The van der Waals surface area contributed by atoms with E-state index in [2.05, 4.69) is 61.8 Å². The Balaban J connectivity index is 1.50. The van der Waals surface area contributed by atoms with E-state index in [0.29, 0.717) is 6.54 Å². The second kappa shape index (κ2) is 9.20. The first kappa shape index (κ1) is 21.0. The van der Waals surface area contributed by atoms with Crippen molar-refractivity contribution in [1.29, 1.82) is 0 Å². The molecule has 1 aromatic rings. The molecule has 0 bridgehead atoms. The SMILES string of the molecule is CN=C(NCc1cccc(N2CC=CC2)c1)N1CCC(NC(=O)OC(C)(C)C)C1. The molecule has 7 nitrogen and oxygen atoms in total. The molecule has 0 aliphatic carbocycles. The van der Waals surface area contributed by atoms with Gasteiger partial charge >= 0.3 is 6.09 Å². The quantitative estimate of drug-likeness (QED) is 0.463. The minimum atomic E-state index is -0.486. The standard InChI is InChI=1S/C22H33N5O2/c1-22(2,3)29-21(28)25-18-10-13-27(16-18)20(23-4)24-15-17-8-7-9-19(14-17)26-11-5-6-12-26/h5-9,14,18H,10-13,15-16H2,1-4H3,(H,23,24)(H,25,28). The van der Waals surface area contributed by atoms with Gasteiger partial charge in [-0.2, -0.15) is 0 Å². The maximum absolute atomic E-state index is 12.0. The maximum Gasteiger partial charge on any atom is 0.407 e. The van der Waals surface area contributed by atoms with Gasteiger partial charge in [-0.15, -0.1) is 0 Å². The van der Waals surface area contributed by atoms with Crippen molar-refractivity contribution in [2.24, 2.45) is 4.99 Å². The van der Waals surface area contributed by atoms with Crippen molar-refractivity contribution in [3.05, 3.63) is 42.0 Å². The average molecular weight is 400 g/mol. The first-order chi connectivity index (χ1) is 13.8. The summed E-state index contributed by atoms with van der Waals surface area (Å²) in [5.41, 5.74) is 1.98. The molecule has 1 fully saturated rings. The first-order valence-electron chi connectivity index (χ1n) is 10.3. The van der Waals surface area contributed by atoms with Crippen molar-refractivity contribution in [2.45, 2.75) is 45.4 Å². The Morgan fingerprint density at radius 3 is 2.72 bits per heavy atom. The highest BCUT2D eigenvalue weighted by molar-refractivity contribution is 5.80. The summed E-state index contributed by atoms with van der Waals surface area (Å²) in [5, 5.41) is 6.42. The molecule has 2 heterocycles. The van der Waals surface area contributed by atoms with Crippen LogP contribution >= 0.6 is 0 Å². The summed E-state index contributed by atoms with van der Waals surface area (Å²) in [4.78, 5) is 20.9. The fourth-order valence-corrected chi connectivity index (χ4v) is 3.61. The zero-order chi connectivity index (χ0) is 20.9. The van der Waals surface area contributed by atoms with Crippen LogP contribution in [0.5, 0.6) is 0 Å². The van der Waals surface area contributed by atoms with Gasteiger partial charge in [0.05, 0.1) is 6.04 Å². The number of amides is 1. The van der Waals surface area contributed by atoms with Crippen LogP contribution in [0.25, 0.3) is 0 Å². The van der Waals surface area contributed by atoms with Crippen molar-refractivity contribution < 1.29 is 9.53 Å². The monoisotopic (exact) mass is 399 g/mol. The highest BCUT2D eigenvalue weighted by atomic mass is 16.6. The van der Waals surface area contributed by atoms with Crippen LogP contribution in [-0.4, -0.2) is 61.8 Å². The van der Waals surface area contributed by atoms with Crippen LogP contribution in [0.3, 0.4) is 0 Å². The van der Waals surface area contributed by atoms with Crippen LogP contribution in [0.15, 0.2) is 41.4 Å². The van der Waals surface area contributed by atoms with Crippen molar-refractivity contribution in [3.63, 3.8) is 0 Å². The fourth-order valence-electron chi connectivity index (χ4n) is 3.61. The Kier molecular flexibility index (Phi) is 6.67. The van der Waals surface area contributed by atoms with Gasteiger partial charge in [0.25, 0.3) is 0 Å². The molecule has 1 aromatic carbocycles. The minimum Gasteiger partial charge on any atom is -0.444 e. The predicted octanol–water partition coefficient (Wildman–Crippen LogP) is 2.74. The number of aliphatic imine (C=N–C) groups is 1. The van der Waals surface area contributed by atoms with Gasteiger partial charge in [0.1, 0.15) is 5.60 Å². The van der Waals surface area contributed by atoms with E-state index >= 15 is 0 Å². The number of hydrogen-bond acceptors (Lipinski definition) is 4. The molecule has 7 heteroatoms. The van der Waals surface area contributed by atoms with Gasteiger partial charge in [-0.25, -0.2) is 4.79 Å². The highest BCUT2D eigenvalue weighted by Gasteiger charge is 2.27. The molecule has 0 aromatic heterocycles. The number of anilines is 1. The van der Waals surface area contributed by atoms with E-state index in [4.69, 9.17) is 4.74 Å². The number of carbonyl (C=O) groups excluding carboxylic acids is 1. The Hall–Kier alpha value is -2.70. The normalized spacial score (nSPS) is 19.6. The van der Waals surface area contributed by atoms with Gasteiger partial charge in [0, 0.05) is 45.5 Å². The number of alkyl carbamates (subject to hydrolysis) is 1. The van der Waals surface area contributed by atoms with E-state index in [9.17, 15) is 4.79 Å². The van der Waals surface area contributed by atoms with Crippen LogP contribution in [0.1, 0.15) is 32.8 Å². The third-order valence-electron chi connectivity index (χ3n) is 4.97. The summed E-state index contributed by atoms with van der Waals surface area (Å²) in [7, 11) is 1.79. The molecule has 1 amide bonds. The summed E-state index contributed by atoms with van der Waals surface area (Å²) in [6.07, 6.45) is 4.90. The predicted molar refractivity (Wildman–Crippen MR) is 117 cm³/mol. The van der Waals surface area contributed by atoms with Crippen molar-refractivity contribution >= 4 is 17.7 Å². The zero-order valence-corrected chi connectivity index (χ0v) is 17.9. The Morgan fingerprint density at radius 2 is 2.03 bits per heavy atom. The van der Waals surface area contributed by atoms with Crippen LogP contribution in [0.2, 0.25) is 0 Å². The second-order valence-corrected chi connectivity index (χ2v) is 8.52. The van der Waals surface area contributed by atoms with E-state index in [1.165, 1.54) is 11.3 Å². The minimum absolute atomic E-state index is 0.0643. The van der Waals surface area contributed by atoms with E-state index in [-0.39, 0.29) is 12.1 Å². The van der Waals surface area contributed by atoms with Crippen LogP contribution in [0, 0.1) is 0 Å². The van der Waals surface area contributed by atoms with Crippen LogP contribution < -0.4 is 15.5 Å². The topological polar surface area (TPSA) is 69.2 Å². The summed E-state index contributed by atoms with van der Waals surface area (Å²) in [5.74, 6) is 0.853. The lowest BCUT2D eigenvalue weighted by Crippen LogP contribution is -2.44. The molecule has 3 rings (SSSR count). The lowest BCUT2D eigenvalue weighted by Gasteiger charge is -2.24. The number of hydrogen-bond donors (Lipinski definition) is 2. The Labute approximate surface area is 173 Å². The van der Waals surface area contributed by atoms with Gasteiger partial charge < -0.3 is 25.2 Å². The molecule has 29 heavy (non-hydrogen) atoms. The van der Waals surface area contributed by atoms with Crippen molar-refractivity contribution in [1.82, 2.24) is 15.5 Å². The van der Waals surface area contributed by atoms with Gasteiger partial charge in [-0.3, -0.25) is 4.99 Å². The fraction of sp³-hybridized carbons (Fsp3) is 0.545. The first-order valence-corrected chi connectivity index (χ1v) is 10.3. The third-order valence-corrected chi connectivity index (χ3v) is 4.97. The number of ether oxygens (including phenoxy) is 1. The average Bonchev–Trinajstić information content (AvgIpc) is 3.33. The second-order valence-electron chi connectivity index (χ2n) is 8.52. The Bertz CT molecular complexity index is 761. The lowest BCUT2D eigenvalue weighted by atomic mass is 10.2. The van der Waals surface area contributed by atoms with Crippen molar-refractivity contribution in [3.8, 4) is 0 Å². The molecule has 0 spiro atoms. The molecule has 1 saturated heterocycles. The molecule has 2 aliphatic rings. The van der Waals surface area contributed by atoms with E-state index in [1.807, 2.05) is 20.8 Å². The van der Waals surface area contributed by atoms with Gasteiger partial charge in [0.15, 0.2) is 5.96 Å². The highest BCUT2D eigenvalue weighted by Crippen LogP contribution is 2.19. The third kappa shape index (κ3) is 6.14. The van der Waals surface area contributed by atoms with Gasteiger partial charge in [-0.05, 0) is 44.9 Å². The summed E-state index contributed by atoms with van der Waals surface area (Å²) in [6, 6.07) is 8.67. The number of nitrogens with zero attached hydrogens (tertiary/aromatic N) is 3. The van der Waals surface area contributed by atoms with Gasteiger partial charge in [-0.1, -0.05) is 24.3 Å². The van der Waals surface area contributed by atoms with E-state index in [0.717, 1.165) is 38.6 Å². The molecule has 2 aliphatic heterocycles. The molecule has 1 unspecified atom stereocenters. The number of carbonyl (C=O) groups is 1. The number of rotatable bonds is 4. The lowest BCUT2D eigenvalue weighted by molar-refractivity contribution is 0.0507. The molecule has 1 atom stereocenters. The number of guanidine groups is 1.